The van der Waals surface area contributed by atoms with Crippen molar-refractivity contribution in [2.75, 3.05) is 30.8 Å². The molecule has 2 aromatic rings. The van der Waals surface area contributed by atoms with Crippen LogP contribution in [-0.2, 0) is 20.0 Å². The maximum absolute atomic E-state index is 12.8. The second kappa shape index (κ2) is 7.87. The van der Waals surface area contributed by atoms with E-state index in [9.17, 15) is 16.8 Å². The summed E-state index contributed by atoms with van der Waals surface area (Å²) in [5, 5.41) is 0. The second-order valence-electron chi connectivity index (χ2n) is 6.59. The number of rotatable bonds is 7. The number of para-hydroxylation sites is 2. The fourth-order valence-corrected chi connectivity index (χ4v) is 4.33. The van der Waals surface area contributed by atoms with Crippen molar-refractivity contribution in [3.63, 3.8) is 0 Å². The van der Waals surface area contributed by atoms with Crippen molar-refractivity contribution in [1.29, 1.82) is 0 Å². The molecule has 27 heavy (non-hydrogen) atoms. The van der Waals surface area contributed by atoms with Crippen LogP contribution < -0.4 is 9.62 Å². The van der Waals surface area contributed by atoms with Crippen LogP contribution in [-0.4, -0.2) is 48.3 Å². The van der Waals surface area contributed by atoms with E-state index in [0.717, 1.165) is 9.99 Å². The summed E-state index contributed by atoms with van der Waals surface area (Å²) in [6.45, 7) is 4.02. The van der Waals surface area contributed by atoms with Gasteiger partial charge in [-0.25, -0.2) is 21.1 Å². The van der Waals surface area contributed by atoms with E-state index in [1.54, 1.807) is 12.1 Å². The zero-order valence-corrected chi connectivity index (χ0v) is 17.7. The minimum atomic E-state index is -3.86. The number of anilines is 2. The number of nitrogens with one attached hydrogen (secondary N) is 1. The molecular weight excluding hydrogens is 386 g/mol. The van der Waals surface area contributed by atoms with Gasteiger partial charge in [0.25, 0.3) is 10.0 Å². The third-order valence-electron chi connectivity index (χ3n) is 4.22. The molecule has 0 aliphatic heterocycles. The fourth-order valence-electron chi connectivity index (χ4n) is 2.35. The molecule has 0 saturated carbocycles. The van der Waals surface area contributed by atoms with Gasteiger partial charge in [0.15, 0.2) is 0 Å². The van der Waals surface area contributed by atoms with Gasteiger partial charge in [-0.05, 0) is 50.2 Å². The van der Waals surface area contributed by atoms with Gasteiger partial charge in [-0.15, -0.1) is 0 Å². The van der Waals surface area contributed by atoms with Gasteiger partial charge >= 0.3 is 0 Å². The summed E-state index contributed by atoms with van der Waals surface area (Å²) in [7, 11) is -2.75. The van der Waals surface area contributed by atoms with Crippen LogP contribution in [0, 0.1) is 0 Å². The van der Waals surface area contributed by atoms with Gasteiger partial charge in [0.1, 0.15) is 0 Å². The Labute approximate surface area is 161 Å². The van der Waals surface area contributed by atoms with Gasteiger partial charge < -0.3 is 4.90 Å². The highest BCUT2D eigenvalue weighted by Crippen LogP contribution is 2.28. The first-order chi connectivity index (χ1) is 12.5. The van der Waals surface area contributed by atoms with E-state index in [1.165, 1.54) is 38.4 Å². The lowest BCUT2D eigenvalue weighted by atomic mass is 10.2. The van der Waals surface area contributed by atoms with Gasteiger partial charge in [0.2, 0.25) is 10.0 Å². The quantitative estimate of drug-likeness (QED) is 0.757. The Bertz CT molecular complexity index is 999. The Balaban J connectivity index is 2.36. The van der Waals surface area contributed by atoms with Crippen molar-refractivity contribution in [3.8, 4) is 0 Å². The van der Waals surface area contributed by atoms with E-state index in [4.69, 9.17) is 0 Å². The fraction of sp³-hybridized carbons (Fsp3) is 0.333. The van der Waals surface area contributed by atoms with Gasteiger partial charge in [-0.1, -0.05) is 12.1 Å². The van der Waals surface area contributed by atoms with E-state index >= 15 is 0 Å². The summed E-state index contributed by atoms with van der Waals surface area (Å²) >= 11 is 0. The van der Waals surface area contributed by atoms with Gasteiger partial charge in [0.05, 0.1) is 21.2 Å². The molecule has 7 nitrogen and oxygen atoms in total. The summed E-state index contributed by atoms with van der Waals surface area (Å²) in [4.78, 5) is 1.98. The predicted octanol–water partition coefficient (Wildman–Crippen LogP) is 2.58. The molecule has 0 atom stereocenters. The molecule has 0 aromatic heterocycles. The topological polar surface area (TPSA) is 86.8 Å². The molecule has 0 bridgehead atoms. The van der Waals surface area contributed by atoms with E-state index in [-0.39, 0.29) is 15.8 Å². The Morgan fingerprint density at radius 3 is 1.85 bits per heavy atom. The Morgan fingerprint density at radius 1 is 0.815 bits per heavy atom. The molecule has 2 aromatic carbocycles. The number of nitrogens with zero attached hydrogens (tertiary/aromatic N) is 2. The number of benzene rings is 2. The van der Waals surface area contributed by atoms with Crippen LogP contribution >= 0.6 is 0 Å². The molecule has 0 amide bonds. The van der Waals surface area contributed by atoms with E-state index in [0.29, 0.717) is 5.69 Å². The highest BCUT2D eigenvalue weighted by molar-refractivity contribution is 7.92. The maximum Gasteiger partial charge on any atom is 0.261 e. The van der Waals surface area contributed by atoms with Crippen LogP contribution in [0.2, 0.25) is 0 Å². The van der Waals surface area contributed by atoms with E-state index in [2.05, 4.69) is 4.72 Å². The average Bonchev–Trinajstić information content (AvgIpc) is 2.61. The SMILES string of the molecule is CC(C)N(C)c1ccccc1NS(=O)(=O)c1ccc(S(=O)(=O)N(C)C)cc1. The largest absolute Gasteiger partial charge is 0.370 e. The first-order valence-electron chi connectivity index (χ1n) is 8.34. The first kappa shape index (κ1) is 21.2. The number of hydrogen-bond donors (Lipinski definition) is 1. The van der Waals surface area contributed by atoms with Crippen molar-refractivity contribution in [1.82, 2.24) is 4.31 Å². The van der Waals surface area contributed by atoms with Crippen LogP contribution in [0.5, 0.6) is 0 Å². The zero-order chi connectivity index (χ0) is 20.4. The van der Waals surface area contributed by atoms with Gasteiger partial charge in [0, 0.05) is 27.2 Å². The van der Waals surface area contributed by atoms with E-state index < -0.39 is 20.0 Å². The highest BCUT2D eigenvalue weighted by atomic mass is 32.2. The third kappa shape index (κ3) is 4.60. The smallest absolute Gasteiger partial charge is 0.261 e. The Kier molecular flexibility index (Phi) is 6.18. The zero-order valence-electron chi connectivity index (χ0n) is 16.0. The van der Waals surface area contributed by atoms with Crippen molar-refractivity contribution in [3.05, 3.63) is 48.5 Å². The molecule has 0 fully saturated rings. The summed E-state index contributed by atoms with van der Waals surface area (Å²) in [5.74, 6) is 0. The first-order valence-corrected chi connectivity index (χ1v) is 11.3. The summed E-state index contributed by atoms with van der Waals surface area (Å²) < 4.78 is 53.4. The predicted molar refractivity (Wildman–Crippen MR) is 108 cm³/mol. The van der Waals surface area contributed by atoms with Gasteiger partial charge in [-0.3, -0.25) is 4.72 Å². The lowest BCUT2D eigenvalue weighted by molar-refractivity contribution is 0.520. The summed E-state index contributed by atoms with van der Waals surface area (Å²) in [6.07, 6.45) is 0. The lowest BCUT2D eigenvalue weighted by Gasteiger charge is -2.26. The normalized spacial score (nSPS) is 12.4. The van der Waals surface area contributed by atoms with Crippen LogP contribution in [0.25, 0.3) is 0 Å². The number of sulfonamides is 2. The molecule has 9 heteroatoms. The maximum atomic E-state index is 12.8. The summed E-state index contributed by atoms with van der Waals surface area (Å²) in [5.41, 5.74) is 1.21. The molecule has 0 unspecified atom stereocenters. The van der Waals surface area contributed by atoms with Crippen molar-refractivity contribution < 1.29 is 16.8 Å². The summed E-state index contributed by atoms with van der Waals surface area (Å²) in [6, 6.07) is 12.5. The minimum absolute atomic E-state index is 0.0118. The molecule has 0 radical (unpaired) electrons. The molecule has 0 aliphatic rings. The second-order valence-corrected chi connectivity index (χ2v) is 10.4. The lowest BCUT2D eigenvalue weighted by Crippen LogP contribution is -2.27. The third-order valence-corrected chi connectivity index (χ3v) is 7.43. The molecule has 0 saturated heterocycles. The number of hydrogen-bond acceptors (Lipinski definition) is 5. The molecule has 0 aliphatic carbocycles. The van der Waals surface area contributed by atoms with E-state index in [1.807, 2.05) is 37.9 Å². The monoisotopic (exact) mass is 411 g/mol. The standard InChI is InChI=1S/C18H25N3O4S2/c1-14(2)21(5)18-9-7-6-8-17(18)19-26(22,23)15-10-12-16(13-11-15)27(24,25)20(3)4/h6-14,19H,1-5H3. The molecular formula is C18H25N3O4S2. The van der Waals surface area contributed by atoms with Crippen LogP contribution in [0.1, 0.15) is 13.8 Å². The Hall–Kier alpha value is -2.10. The average molecular weight is 412 g/mol. The van der Waals surface area contributed by atoms with Crippen LogP contribution in [0.15, 0.2) is 58.3 Å². The highest BCUT2D eigenvalue weighted by Gasteiger charge is 2.21. The molecule has 1 N–H and O–H groups in total. The molecule has 148 valence electrons. The Morgan fingerprint density at radius 2 is 1.33 bits per heavy atom. The van der Waals surface area contributed by atoms with Crippen LogP contribution in [0.4, 0.5) is 11.4 Å². The van der Waals surface area contributed by atoms with Crippen molar-refractivity contribution in [2.45, 2.75) is 29.7 Å². The van der Waals surface area contributed by atoms with Crippen LogP contribution in [0.3, 0.4) is 0 Å². The molecule has 0 spiro atoms. The molecule has 0 heterocycles. The molecule has 2 rings (SSSR count). The van der Waals surface area contributed by atoms with Gasteiger partial charge in [-0.2, -0.15) is 0 Å². The van der Waals surface area contributed by atoms with Crippen molar-refractivity contribution in [2.24, 2.45) is 0 Å². The minimum Gasteiger partial charge on any atom is -0.370 e. The van der Waals surface area contributed by atoms with Crippen molar-refractivity contribution >= 4 is 31.4 Å².